The molecule has 2 rings (SSSR count). The number of rotatable bonds is 3. The molecular formula is C14H23Cl2N3O2. The SMILES string of the molecule is CC(C)Oc1cccnc1C(=O)N1CCCNCC1.Cl.Cl. The van der Waals surface area contributed by atoms with Crippen LogP contribution in [0.25, 0.3) is 0 Å². The van der Waals surface area contributed by atoms with Crippen LogP contribution in [-0.4, -0.2) is 48.1 Å². The van der Waals surface area contributed by atoms with E-state index in [0.29, 0.717) is 11.4 Å². The van der Waals surface area contributed by atoms with Crippen LogP contribution < -0.4 is 10.1 Å². The fourth-order valence-corrected chi connectivity index (χ4v) is 2.10. The molecule has 0 spiro atoms. The summed E-state index contributed by atoms with van der Waals surface area (Å²) in [6.45, 7) is 7.16. The molecule has 5 nitrogen and oxygen atoms in total. The zero-order valence-electron chi connectivity index (χ0n) is 12.4. The van der Waals surface area contributed by atoms with E-state index in [9.17, 15) is 4.79 Å². The molecule has 21 heavy (non-hydrogen) atoms. The minimum absolute atomic E-state index is 0. The van der Waals surface area contributed by atoms with Gasteiger partial charge in [0.25, 0.3) is 5.91 Å². The number of aromatic nitrogens is 1. The van der Waals surface area contributed by atoms with Gasteiger partial charge in [-0.2, -0.15) is 0 Å². The van der Waals surface area contributed by atoms with Crippen molar-refractivity contribution in [2.45, 2.75) is 26.4 Å². The van der Waals surface area contributed by atoms with Crippen LogP contribution in [-0.2, 0) is 0 Å². The van der Waals surface area contributed by atoms with Gasteiger partial charge < -0.3 is 15.0 Å². The van der Waals surface area contributed by atoms with E-state index in [1.807, 2.05) is 18.7 Å². The van der Waals surface area contributed by atoms with Gasteiger partial charge in [-0.25, -0.2) is 4.98 Å². The van der Waals surface area contributed by atoms with Crippen molar-refractivity contribution in [1.29, 1.82) is 0 Å². The Morgan fingerprint density at radius 2 is 2.10 bits per heavy atom. The van der Waals surface area contributed by atoms with Crippen LogP contribution in [0.1, 0.15) is 30.8 Å². The first-order valence-electron chi connectivity index (χ1n) is 6.80. The summed E-state index contributed by atoms with van der Waals surface area (Å²) in [4.78, 5) is 18.6. The molecule has 7 heteroatoms. The monoisotopic (exact) mass is 335 g/mol. The zero-order valence-corrected chi connectivity index (χ0v) is 14.0. The molecule has 0 aliphatic carbocycles. The summed E-state index contributed by atoms with van der Waals surface area (Å²) in [5, 5.41) is 3.28. The second kappa shape index (κ2) is 9.82. The van der Waals surface area contributed by atoms with Crippen molar-refractivity contribution in [2.24, 2.45) is 0 Å². The summed E-state index contributed by atoms with van der Waals surface area (Å²) in [5.74, 6) is 0.527. The topological polar surface area (TPSA) is 54.5 Å². The van der Waals surface area contributed by atoms with Gasteiger partial charge in [0.1, 0.15) is 0 Å². The van der Waals surface area contributed by atoms with Gasteiger partial charge in [-0.15, -0.1) is 24.8 Å². The average Bonchev–Trinajstić information content (AvgIpc) is 2.67. The number of amides is 1. The number of ether oxygens (including phenoxy) is 1. The van der Waals surface area contributed by atoms with Crippen LogP contribution in [0.15, 0.2) is 18.3 Å². The smallest absolute Gasteiger partial charge is 0.276 e. The number of halogens is 2. The average molecular weight is 336 g/mol. The van der Waals surface area contributed by atoms with Crippen LogP contribution in [0.4, 0.5) is 0 Å². The highest BCUT2D eigenvalue weighted by molar-refractivity contribution is 5.95. The first-order valence-corrected chi connectivity index (χ1v) is 6.80. The Bertz CT molecular complexity index is 436. The quantitative estimate of drug-likeness (QED) is 0.919. The van der Waals surface area contributed by atoms with E-state index >= 15 is 0 Å². The number of pyridine rings is 1. The molecule has 1 fully saturated rings. The van der Waals surface area contributed by atoms with Crippen molar-refractivity contribution >= 4 is 30.7 Å². The van der Waals surface area contributed by atoms with Crippen LogP contribution >= 0.6 is 24.8 Å². The maximum atomic E-state index is 12.5. The van der Waals surface area contributed by atoms with Gasteiger partial charge >= 0.3 is 0 Å². The van der Waals surface area contributed by atoms with Crippen LogP contribution in [0.2, 0.25) is 0 Å². The second-order valence-electron chi connectivity index (χ2n) is 4.91. The molecule has 0 unspecified atom stereocenters. The number of carbonyl (C=O) groups is 1. The van der Waals surface area contributed by atoms with Crippen molar-refractivity contribution in [2.75, 3.05) is 26.2 Å². The van der Waals surface area contributed by atoms with Crippen molar-refractivity contribution < 1.29 is 9.53 Å². The lowest BCUT2D eigenvalue weighted by atomic mass is 10.2. The van der Waals surface area contributed by atoms with Crippen LogP contribution in [0.3, 0.4) is 0 Å². The molecule has 0 aromatic carbocycles. The summed E-state index contributed by atoms with van der Waals surface area (Å²) >= 11 is 0. The molecule has 1 saturated heterocycles. The lowest BCUT2D eigenvalue weighted by molar-refractivity contribution is 0.0753. The third kappa shape index (κ3) is 5.69. The molecule has 2 heterocycles. The summed E-state index contributed by atoms with van der Waals surface area (Å²) in [7, 11) is 0. The second-order valence-corrected chi connectivity index (χ2v) is 4.91. The largest absolute Gasteiger partial charge is 0.489 e. The summed E-state index contributed by atoms with van der Waals surface area (Å²) in [6, 6.07) is 3.59. The summed E-state index contributed by atoms with van der Waals surface area (Å²) in [6.07, 6.45) is 2.64. The lowest BCUT2D eigenvalue weighted by Gasteiger charge is -2.21. The Morgan fingerprint density at radius 1 is 1.33 bits per heavy atom. The molecule has 1 amide bonds. The highest BCUT2D eigenvalue weighted by Crippen LogP contribution is 2.19. The summed E-state index contributed by atoms with van der Waals surface area (Å²) in [5.41, 5.74) is 0.415. The zero-order chi connectivity index (χ0) is 13.7. The third-order valence-corrected chi connectivity index (χ3v) is 2.96. The lowest BCUT2D eigenvalue weighted by Crippen LogP contribution is -2.35. The molecule has 0 saturated carbocycles. The van der Waals surface area contributed by atoms with Gasteiger partial charge in [0.2, 0.25) is 0 Å². The molecular weight excluding hydrogens is 313 g/mol. The maximum Gasteiger partial charge on any atom is 0.276 e. The number of nitrogens with one attached hydrogen (secondary N) is 1. The molecule has 120 valence electrons. The molecule has 0 radical (unpaired) electrons. The number of hydrogen-bond donors (Lipinski definition) is 1. The van der Waals surface area contributed by atoms with Gasteiger partial charge in [0, 0.05) is 25.8 Å². The highest BCUT2D eigenvalue weighted by Gasteiger charge is 2.22. The van der Waals surface area contributed by atoms with Crippen molar-refractivity contribution in [3.8, 4) is 5.75 Å². The normalized spacial score (nSPS) is 14.7. The van der Waals surface area contributed by atoms with Crippen molar-refractivity contribution in [3.05, 3.63) is 24.0 Å². The Hall–Kier alpha value is -1.04. The van der Waals surface area contributed by atoms with Gasteiger partial charge in [0.15, 0.2) is 11.4 Å². The predicted octanol–water partition coefficient (Wildman–Crippen LogP) is 2.15. The molecule has 1 aliphatic heterocycles. The maximum absolute atomic E-state index is 12.5. The van der Waals surface area contributed by atoms with E-state index in [4.69, 9.17) is 4.74 Å². The van der Waals surface area contributed by atoms with Gasteiger partial charge in [-0.05, 0) is 38.9 Å². The first-order chi connectivity index (χ1) is 9.18. The summed E-state index contributed by atoms with van der Waals surface area (Å²) < 4.78 is 5.66. The van der Waals surface area contributed by atoms with Crippen LogP contribution in [0, 0.1) is 0 Å². The Balaban J connectivity index is 0.00000200. The fourth-order valence-electron chi connectivity index (χ4n) is 2.10. The van der Waals surface area contributed by atoms with E-state index in [1.54, 1.807) is 18.3 Å². The molecule has 1 aromatic rings. The van der Waals surface area contributed by atoms with Gasteiger partial charge in [-0.3, -0.25) is 4.79 Å². The Labute approximate surface area is 138 Å². The molecule has 0 atom stereocenters. The first kappa shape index (κ1) is 20.0. The minimum Gasteiger partial charge on any atom is -0.489 e. The molecule has 1 aromatic heterocycles. The van der Waals surface area contributed by atoms with Crippen molar-refractivity contribution in [1.82, 2.24) is 15.2 Å². The Kier molecular flexibility index (Phi) is 9.33. The van der Waals surface area contributed by atoms with E-state index in [1.165, 1.54) is 0 Å². The molecule has 0 bridgehead atoms. The van der Waals surface area contributed by atoms with Crippen molar-refractivity contribution in [3.63, 3.8) is 0 Å². The minimum atomic E-state index is -0.0417. The van der Waals surface area contributed by atoms with Gasteiger partial charge in [-0.1, -0.05) is 0 Å². The highest BCUT2D eigenvalue weighted by atomic mass is 35.5. The van der Waals surface area contributed by atoms with Crippen LogP contribution in [0.5, 0.6) is 5.75 Å². The number of nitrogens with zero attached hydrogens (tertiary/aromatic N) is 2. The molecule has 1 N–H and O–H groups in total. The third-order valence-electron chi connectivity index (χ3n) is 2.96. The van der Waals surface area contributed by atoms with E-state index < -0.39 is 0 Å². The standard InChI is InChI=1S/C14H21N3O2.2ClH/c1-11(2)19-12-5-3-7-16-13(12)14(18)17-9-4-6-15-8-10-17;;/h3,5,7,11,15H,4,6,8-10H2,1-2H3;2*1H. The predicted molar refractivity (Wildman–Crippen MR) is 87.9 cm³/mol. The Morgan fingerprint density at radius 3 is 2.81 bits per heavy atom. The van der Waals surface area contributed by atoms with E-state index in [2.05, 4.69) is 10.3 Å². The molecule has 1 aliphatic rings. The number of carbonyl (C=O) groups excluding carboxylic acids is 1. The van der Waals surface area contributed by atoms with E-state index in [0.717, 1.165) is 32.6 Å². The van der Waals surface area contributed by atoms with Gasteiger partial charge in [0.05, 0.1) is 6.10 Å². The fraction of sp³-hybridized carbons (Fsp3) is 0.571. The van der Waals surface area contributed by atoms with E-state index in [-0.39, 0.29) is 36.8 Å². The number of hydrogen-bond acceptors (Lipinski definition) is 4.